The summed E-state index contributed by atoms with van der Waals surface area (Å²) in [7, 11) is 0. The molecule has 1 saturated heterocycles. The Hall–Kier alpha value is -2.95. The molecule has 12 heteroatoms. The van der Waals surface area contributed by atoms with Gasteiger partial charge in [0.1, 0.15) is 28.4 Å². The summed E-state index contributed by atoms with van der Waals surface area (Å²) in [5.74, 6) is -2.58. The number of aromatic nitrogens is 1. The highest BCUT2D eigenvalue weighted by Gasteiger charge is 2.35. The van der Waals surface area contributed by atoms with Gasteiger partial charge in [-0.3, -0.25) is 9.78 Å². The average molecular weight is 477 g/mol. The molecule has 3 amide bonds. The van der Waals surface area contributed by atoms with Crippen LogP contribution in [0.2, 0.25) is 5.02 Å². The highest BCUT2D eigenvalue weighted by Crippen LogP contribution is 2.32. The largest absolute Gasteiger partial charge is 0.433 e. The van der Waals surface area contributed by atoms with Crippen LogP contribution in [0.25, 0.3) is 0 Å². The molecule has 6 nitrogen and oxygen atoms in total. The molecule has 1 aliphatic heterocycles. The van der Waals surface area contributed by atoms with Gasteiger partial charge in [0, 0.05) is 24.8 Å². The van der Waals surface area contributed by atoms with Crippen LogP contribution in [0.5, 0.6) is 0 Å². The maximum absolute atomic E-state index is 14.8. The maximum atomic E-state index is 14.8. The Morgan fingerprint density at radius 1 is 1.31 bits per heavy atom. The van der Waals surface area contributed by atoms with Gasteiger partial charge in [-0.15, -0.1) is 0 Å². The topological polar surface area (TPSA) is 74.3 Å². The fourth-order valence-electron chi connectivity index (χ4n) is 3.42. The van der Waals surface area contributed by atoms with Crippen molar-refractivity contribution in [2.45, 2.75) is 31.6 Å². The summed E-state index contributed by atoms with van der Waals surface area (Å²) >= 11 is 5.66. The third-order valence-corrected chi connectivity index (χ3v) is 5.38. The Kier molecular flexibility index (Phi) is 6.87. The van der Waals surface area contributed by atoms with Gasteiger partial charge < -0.3 is 15.5 Å². The van der Waals surface area contributed by atoms with E-state index in [2.05, 4.69) is 15.6 Å². The van der Waals surface area contributed by atoms with Crippen LogP contribution in [0.1, 0.15) is 36.2 Å². The number of amides is 3. The molecule has 3 rings (SSSR count). The van der Waals surface area contributed by atoms with E-state index in [1.54, 1.807) is 6.92 Å². The molecule has 1 fully saturated rings. The van der Waals surface area contributed by atoms with Gasteiger partial charge in [-0.2, -0.15) is 13.2 Å². The van der Waals surface area contributed by atoms with Crippen LogP contribution in [0, 0.1) is 11.6 Å². The van der Waals surface area contributed by atoms with E-state index in [-0.39, 0.29) is 30.1 Å². The minimum absolute atomic E-state index is 0.00225. The van der Waals surface area contributed by atoms with E-state index in [1.165, 1.54) is 4.90 Å². The van der Waals surface area contributed by atoms with Crippen molar-refractivity contribution in [3.8, 4) is 0 Å². The lowest BCUT2D eigenvalue weighted by Crippen LogP contribution is -2.59. The van der Waals surface area contributed by atoms with E-state index < -0.39 is 46.6 Å². The van der Waals surface area contributed by atoms with Crippen LogP contribution >= 0.6 is 11.6 Å². The summed E-state index contributed by atoms with van der Waals surface area (Å²) in [5.41, 5.74) is -1.45. The summed E-state index contributed by atoms with van der Waals surface area (Å²) in [5, 5.41) is 4.32. The second-order valence-corrected chi connectivity index (χ2v) is 7.41. The molecule has 0 saturated carbocycles. The molecule has 0 radical (unpaired) electrons. The van der Waals surface area contributed by atoms with Gasteiger partial charge >= 0.3 is 12.2 Å². The van der Waals surface area contributed by atoms with E-state index in [4.69, 9.17) is 11.6 Å². The molecular weight excluding hydrogens is 459 g/mol. The quantitative estimate of drug-likeness (QED) is 0.516. The number of carbonyl (C=O) groups excluding carboxylic acids is 2. The Morgan fingerprint density at radius 2 is 2.03 bits per heavy atom. The molecule has 2 atom stereocenters. The number of hydrogen-bond donors (Lipinski definition) is 2. The zero-order chi connectivity index (χ0) is 23.6. The van der Waals surface area contributed by atoms with Crippen molar-refractivity contribution in [1.82, 2.24) is 20.5 Å². The number of rotatable bonds is 4. The summed E-state index contributed by atoms with van der Waals surface area (Å²) in [6, 6.07) is 0.726. The van der Waals surface area contributed by atoms with Crippen molar-refractivity contribution in [1.29, 1.82) is 0 Å². The zero-order valence-electron chi connectivity index (χ0n) is 16.6. The van der Waals surface area contributed by atoms with Crippen LogP contribution in [0.15, 0.2) is 30.5 Å². The normalized spacial score (nSPS) is 17.7. The van der Waals surface area contributed by atoms with Crippen molar-refractivity contribution in [2.75, 3.05) is 13.1 Å². The van der Waals surface area contributed by atoms with Gasteiger partial charge in [-0.05, 0) is 24.1 Å². The number of urea groups is 1. The van der Waals surface area contributed by atoms with Gasteiger partial charge in [0.05, 0.1) is 6.04 Å². The molecule has 2 heterocycles. The molecule has 1 aromatic heterocycles. The van der Waals surface area contributed by atoms with E-state index in [1.807, 2.05) is 0 Å². The highest BCUT2D eigenvalue weighted by molar-refractivity contribution is 6.31. The van der Waals surface area contributed by atoms with Crippen LogP contribution in [-0.2, 0) is 11.0 Å². The van der Waals surface area contributed by atoms with Gasteiger partial charge in [-0.1, -0.05) is 30.7 Å². The molecule has 1 aromatic carbocycles. The molecule has 2 N–H and O–H groups in total. The Morgan fingerprint density at radius 3 is 2.62 bits per heavy atom. The first-order valence-electron chi connectivity index (χ1n) is 9.56. The molecule has 0 bridgehead atoms. The standard InChI is InChI=1S/C20H18ClF5N4O2/c1-2-13-18(31)27-7-8-30(13)19(32)29-17(11-4-5-12(22)15(21)16(11)23)10-3-6-14(28-9-10)20(24,25)26/h3-6,9,13,17H,2,7-8H2,1H3,(H,27,31)(H,29,32)/t13-,17+/m1/s1. The zero-order valence-corrected chi connectivity index (χ0v) is 17.4. The van der Waals surface area contributed by atoms with E-state index in [0.29, 0.717) is 12.5 Å². The minimum Gasteiger partial charge on any atom is -0.353 e. The lowest BCUT2D eigenvalue weighted by molar-refractivity contribution is -0.141. The van der Waals surface area contributed by atoms with Crippen LogP contribution < -0.4 is 10.6 Å². The number of pyridine rings is 1. The molecule has 2 aromatic rings. The Balaban J connectivity index is 2.00. The third kappa shape index (κ3) is 4.77. The van der Waals surface area contributed by atoms with Crippen molar-refractivity contribution >= 4 is 23.5 Å². The Bertz CT molecular complexity index is 1020. The highest BCUT2D eigenvalue weighted by atomic mass is 35.5. The first kappa shape index (κ1) is 23.7. The third-order valence-electron chi connectivity index (χ3n) is 5.03. The summed E-state index contributed by atoms with van der Waals surface area (Å²) in [4.78, 5) is 29.6. The average Bonchev–Trinajstić information content (AvgIpc) is 2.75. The first-order chi connectivity index (χ1) is 15.0. The van der Waals surface area contributed by atoms with Gasteiger partial charge in [0.15, 0.2) is 0 Å². The van der Waals surface area contributed by atoms with Crippen LogP contribution in [-0.4, -0.2) is 41.0 Å². The molecule has 0 aliphatic carbocycles. The number of piperazine rings is 1. The smallest absolute Gasteiger partial charge is 0.353 e. The van der Waals surface area contributed by atoms with Crippen molar-refractivity contribution in [2.24, 2.45) is 0 Å². The van der Waals surface area contributed by atoms with Gasteiger partial charge in [0.2, 0.25) is 5.91 Å². The van der Waals surface area contributed by atoms with E-state index in [9.17, 15) is 31.5 Å². The predicted molar refractivity (Wildman–Crippen MR) is 105 cm³/mol. The van der Waals surface area contributed by atoms with Crippen LogP contribution in [0.4, 0.5) is 26.7 Å². The van der Waals surface area contributed by atoms with Crippen molar-refractivity contribution in [3.05, 3.63) is 63.9 Å². The molecule has 0 unspecified atom stereocenters. The minimum atomic E-state index is -4.70. The van der Waals surface area contributed by atoms with Gasteiger partial charge in [-0.25, -0.2) is 13.6 Å². The lowest BCUT2D eigenvalue weighted by Gasteiger charge is -2.35. The lowest BCUT2D eigenvalue weighted by atomic mass is 9.99. The number of nitrogens with one attached hydrogen (secondary N) is 2. The van der Waals surface area contributed by atoms with E-state index in [0.717, 1.165) is 24.4 Å². The number of carbonyl (C=O) groups is 2. The van der Waals surface area contributed by atoms with Crippen molar-refractivity contribution < 1.29 is 31.5 Å². The summed E-state index contributed by atoms with van der Waals surface area (Å²) in [6.45, 7) is 2.07. The van der Waals surface area contributed by atoms with Crippen molar-refractivity contribution in [3.63, 3.8) is 0 Å². The number of nitrogens with zero attached hydrogens (tertiary/aromatic N) is 2. The molecule has 172 valence electrons. The fourth-order valence-corrected chi connectivity index (χ4v) is 3.59. The first-order valence-corrected chi connectivity index (χ1v) is 9.93. The van der Waals surface area contributed by atoms with E-state index >= 15 is 0 Å². The second-order valence-electron chi connectivity index (χ2n) is 7.03. The number of benzene rings is 1. The summed E-state index contributed by atoms with van der Waals surface area (Å²) < 4.78 is 67.1. The monoisotopic (exact) mass is 476 g/mol. The van der Waals surface area contributed by atoms with Gasteiger partial charge in [0.25, 0.3) is 0 Å². The molecular formula is C20H18ClF5N4O2. The number of hydrogen-bond acceptors (Lipinski definition) is 3. The Labute approximate surface area is 184 Å². The molecule has 32 heavy (non-hydrogen) atoms. The van der Waals surface area contributed by atoms with Crippen LogP contribution in [0.3, 0.4) is 0 Å². The SMILES string of the molecule is CC[C@@H]1C(=O)NCCN1C(=O)N[C@@H](c1ccc(C(F)(F)F)nc1)c1ccc(F)c(Cl)c1F. The summed E-state index contributed by atoms with van der Waals surface area (Å²) in [6.07, 6.45) is -3.55. The fraction of sp³-hybridized carbons (Fsp3) is 0.350. The number of alkyl halides is 3. The number of halogens is 6. The maximum Gasteiger partial charge on any atom is 0.433 e. The molecule has 1 aliphatic rings. The molecule has 0 spiro atoms. The predicted octanol–water partition coefficient (Wildman–Crippen LogP) is 4.04. The second kappa shape index (κ2) is 9.27.